The second kappa shape index (κ2) is 9.37. The van der Waals surface area contributed by atoms with Crippen molar-refractivity contribution < 1.29 is 19.4 Å². The molecule has 1 aliphatic carbocycles. The lowest BCUT2D eigenvalue weighted by Crippen LogP contribution is -2.37. The van der Waals surface area contributed by atoms with Gasteiger partial charge in [-0.3, -0.25) is 4.79 Å². The van der Waals surface area contributed by atoms with E-state index in [1.54, 1.807) is 0 Å². The summed E-state index contributed by atoms with van der Waals surface area (Å²) >= 11 is 0. The van der Waals surface area contributed by atoms with E-state index in [0.717, 1.165) is 35.1 Å². The minimum absolute atomic E-state index is 0.0201. The minimum atomic E-state index is -0.948. The van der Waals surface area contributed by atoms with Crippen LogP contribution in [0.4, 0.5) is 4.79 Å². The maximum absolute atomic E-state index is 12.3. The van der Waals surface area contributed by atoms with Crippen LogP contribution in [-0.4, -0.2) is 36.4 Å². The van der Waals surface area contributed by atoms with Crippen molar-refractivity contribution in [3.05, 3.63) is 59.7 Å². The number of ether oxygens (including phenoxy) is 1. The molecule has 1 aliphatic rings. The lowest BCUT2D eigenvalue weighted by molar-refractivity contribution is -0.137. The Morgan fingerprint density at radius 1 is 1.04 bits per heavy atom. The third kappa shape index (κ3) is 4.70. The summed E-state index contributed by atoms with van der Waals surface area (Å²) in [4.78, 5) is 23.3. The second-order valence-corrected chi connectivity index (χ2v) is 7.05. The number of fused-ring (bicyclic) bond motifs is 3. The molecule has 1 amide bonds. The number of nitrogens with one attached hydrogen (secondary N) is 1. The fraction of sp³-hybridized carbons (Fsp3) is 0.364. The van der Waals surface area contributed by atoms with Gasteiger partial charge >= 0.3 is 12.1 Å². The van der Waals surface area contributed by atoms with E-state index in [-0.39, 0.29) is 18.9 Å². The van der Waals surface area contributed by atoms with Gasteiger partial charge < -0.3 is 20.9 Å². The van der Waals surface area contributed by atoms with E-state index >= 15 is 0 Å². The molecular weight excluding hydrogens is 356 g/mol. The summed E-state index contributed by atoms with van der Waals surface area (Å²) in [6.45, 7) is 0.757. The Bertz CT molecular complexity index is 791. The van der Waals surface area contributed by atoms with Crippen LogP contribution in [0.15, 0.2) is 48.5 Å². The van der Waals surface area contributed by atoms with Crippen LogP contribution in [0.5, 0.6) is 0 Å². The number of aliphatic carboxylic acids is 1. The van der Waals surface area contributed by atoms with Crippen molar-refractivity contribution in [1.29, 1.82) is 0 Å². The van der Waals surface area contributed by atoms with Crippen molar-refractivity contribution in [2.45, 2.75) is 37.6 Å². The van der Waals surface area contributed by atoms with Crippen LogP contribution in [-0.2, 0) is 9.53 Å². The van der Waals surface area contributed by atoms with Crippen molar-refractivity contribution in [3.63, 3.8) is 0 Å². The Kier molecular flexibility index (Phi) is 6.66. The van der Waals surface area contributed by atoms with Crippen molar-refractivity contribution in [2.75, 3.05) is 13.2 Å². The molecule has 0 spiro atoms. The molecule has 4 N–H and O–H groups in total. The summed E-state index contributed by atoms with van der Waals surface area (Å²) in [5, 5.41) is 11.8. The van der Waals surface area contributed by atoms with Gasteiger partial charge in [-0.2, -0.15) is 0 Å². The molecule has 0 heterocycles. The van der Waals surface area contributed by atoms with Gasteiger partial charge in [0.25, 0.3) is 0 Å². The number of amides is 1. The summed E-state index contributed by atoms with van der Waals surface area (Å²) in [6.07, 6.45) is 1.41. The molecule has 28 heavy (non-hydrogen) atoms. The van der Waals surface area contributed by atoms with E-state index < -0.39 is 18.1 Å². The highest BCUT2D eigenvalue weighted by Crippen LogP contribution is 2.44. The molecule has 1 unspecified atom stereocenters. The molecule has 2 aromatic rings. The first-order chi connectivity index (χ1) is 13.6. The molecule has 6 nitrogen and oxygen atoms in total. The largest absolute Gasteiger partial charge is 0.481 e. The molecule has 6 heteroatoms. The first-order valence-electron chi connectivity index (χ1n) is 9.63. The average molecular weight is 382 g/mol. The molecule has 0 saturated heterocycles. The second-order valence-electron chi connectivity index (χ2n) is 7.05. The lowest BCUT2D eigenvalue weighted by Gasteiger charge is -2.19. The van der Waals surface area contributed by atoms with Crippen LogP contribution in [0.3, 0.4) is 0 Å². The van der Waals surface area contributed by atoms with Gasteiger partial charge in [-0.25, -0.2) is 4.79 Å². The molecule has 3 rings (SSSR count). The fourth-order valence-electron chi connectivity index (χ4n) is 3.78. The highest BCUT2D eigenvalue weighted by atomic mass is 16.5. The Hall–Kier alpha value is -2.86. The minimum Gasteiger partial charge on any atom is -0.481 e. The number of alkyl carbamates (subject to hydrolysis) is 1. The van der Waals surface area contributed by atoms with Crippen LogP contribution < -0.4 is 11.1 Å². The molecule has 0 fully saturated rings. The molecule has 0 bridgehead atoms. The van der Waals surface area contributed by atoms with Gasteiger partial charge in [-0.1, -0.05) is 55.0 Å². The number of unbranched alkanes of at least 4 members (excludes halogenated alkanes) is 1. The molecule has 148 valence electrons. The number of carboxylic acids is 1. The van der Waals surface area contributed by atoms with Crippen LogP contribution in [0.25, 0.3) is 11.1 Å². The molecule has 1 atom stereocenters. The zero-order chi connectivity index (χ0) is 19.9. The molecular formula is C22H26N2O4. The number of benzene rings is 2. The molecule has 0 aliphatic heterocycles. The van der Waals surface area contributed by atoms with Crippen molar-refractivity contribution in [2.24, 2.45) is 5.73 Å². The Morgan fingerprint density at radius 3 is 2.21 bits per heavy atom. The zero-order valence-electron chi connectivity index (χ0n) is 15.8. The number of hydrogen-bond acceptors (Lipinski definition) is 4. The predicted octanol–water partition coefficient (Wildman–Crippen LogP) is 3.50. The third-order valence-electron chi connectivity index (χ3n) is 5.09. The van der Waals surface area contributed by atoms with Gasteiger partial charge in [0, 0.05) is 12.0 Å². The quantitative estimate of drug-likeness (QED) is 0.576. The lowest BCUT2D eigenvalue weighted by atomic mass is 9.98. The van der Waals surface area contributed by atoms with E-state index in [9.17, 15) is 9.59 Å². The van der Waals surface area contributed by atoms with Gasteiger partial charge in [0.05, 0.1) is 6.42 Å². The van der Waals surface area contributed by atoms with E-state index in [0.29, 0.717) is 13.0 Å². The maximum Gasteiger partial charge on any atom is 0.407 e. The van der Waals surface area contributed by atoms with Gasteiger partial charge in [0.2, 0.25) is 0 Å². The normalized spacial score (nSPS) is 13.5. The number of hydrogen-bond donors (Lipinski definition) is 3. The highest BCUT2D eigenvalue weighted by Gasteiger charge is 2.29. The van der Waals surface area contributed by atoms with Gasteiger partial charge in [-0.15, -0.1) is 0 Å². The van der Waals surface area contributed by atoms with Crippen LogP contribution >= 0.6 is 0 Å². The van der Waals surface area contributed by atoms with Gasteiger partial charge in [-0.05, 0) is 41.6 Å². The Morgan fingerprint density at radius 2 is 1.64 bits per heavy atom. The average Bonchev–Trinajstić information content (AvgIpc) is 3.00. The standard InChI is InChI=1S/C22H26N2O4/c23-12-6-5-7-15(13-21(25)26)24-22(27)28-14-20-18-10-3-1-8-16(18)17-9-2-4-11-19(17)20/h1-4,8-11,15,20H,5-7,12-14,23H2,(H,24,27)(H,25,26). The number of nitrogens with two attached hydrogens (primary N) is 1. The van der Waals surface area contributed by atoms with E-state index in [4.69, 9.17) is 15.6 Å². The van der Waals surface area contributed by atoms with E-state index in [1.807, 2.05) is 24.3 Å². The van der Waals surface area contributed by atoms with Crippen LogP contribution in [0.1, 0.15) is 42.7 Å². The maximum atomic E-state index is 12.3. The molecule has 0 saturated carbocycles. The SMILES string of the molecule is NCCCCC(CC(=O)O)NC(=O)OCC1c2ccccc2-c2ccccc21. The first-order valence-corrected chi connectivity index (χ1v) is 9.63. The predicted molar refractivity (Wildman–Crippen MR) is 107 cm³/mol. The Labute approximate surface area is 164 Å². The highest BCUT2D eigenvalue weighted by molar-refractivity contribution is 5.79. The fourth-order valence-corrected chi connectivity index (χ4v) is 3.78. The van der Waals surface area contributed by atoms with Crippen LogP contribution in [0.2, 0.25) is 0 Å². The summed E-state index contributed by atoms with van der Waals surface area (Å²) in [5.74, 6) is -0.968. The summed E-state index contributed by atoms with van der Waals surface area (Å²) < 4.78 is 5.49. The molecule has 2 aromatic carbocycles. The van der Waals surface area contributed by atoms with Crippen molar-refractivity contribution in [1.82, 2.24) is 5.32 Å². The van der Waals surface area contributed by atoms with E-state index in [2.05, 4.69) is 29.6 Å². The summed E-state index contributed by atoms with van der Waals surface area (Å²) in [7, 11) is 0. The third-order valence-corrected chi connectivity index (χ3v) is 5.09. The van der Waals surface area contributed by atoms with Gasteiger partial charge in [0.15, 0.2) is 0 Å². The summed E-state index contributed by atoms with van der Waals surface area (Å²) in [5.41, 5.74) is 10.1. The number of carbonyl (C=O) groups is 2. The smallest absolute Gasteiger partial charge is 0.407 e. The number of rotatable bonds is 9. The zero-order valence-corrected chi connectivity index (χ0v) is 15.8. The van der Waals surface area contributed by atoms with Crippen LogP contribution in [0, 0.1) is 0 Å². The van der Waals surface area contributed by atoms with Gasteiger partial charge in [0.1, 0.15) is 6.61 Å². The van der Waals surface area contributed by atoms with Crippen molar-refractivity contribution in [3.8, 4) is 11.1 Å². The van der Waals surface area contributed by atoms with Crippen molar-refractivity contribution >= 4 is 12.1 Å². The first kappa shape index (κ1) is 19.9. The summed E-state index contributed by atoms with van der Waals surface area (Å²) in [6, 6.07) is 15.8. The topological polar surface area (TPSA) is 102 Å². The van der Waals surface area contributed by atoms with E-state index in [1.165, 1.54) is 0 Å². The number of carbonyl (C=O) groups excluding carboxylic acids is 1. The molecule has 0 aromatic heterocycles. The monoisotopic (exact) mass is 382 g/mol. The number of carboxylic acid groups (broad SMARTS) is 1. The Balaban J connectivity index is 1.63. The molecule has 0 radical (unpaired) electrons.